The normalized spacial score (nSPS) is 16.9. The van der Waals surface area contributed by atoms with Crippen molar-refractivity contribution in [2.24, 2.45) is 10.2 Å². The SMILES string of the molecule is O=C1/C(=C/c2cc(Br)ccc2O)S\C(=N/N=C/C=C/c2ccccc2)N1Cc1ccco1. The topological polar surface area (TPSA) is 78.4 Å². The average Bonchev–Trinajstić information content (AvgIpc) is 3.41. The van der Waals surface area contributed by atoms with Gasteiger partial charge in [0, 0.05) is 16.3 Å². The number of aromatic hydroxyl groups is 1. The molecular weight excluding hydrogens is 490 g/mol. The molecule has 1 aromatic heterocycles. The van der Waals surface area contributed by atoms with Gasteiger partial charge in [0.1, 0.15) is 11.5 Å². The lowest BCUT2D eigenvalue weighted by atomic mass is 10.2. The molecule has 3 aromatic rings. The Hall–Kier alpha value is -3.36. The molecule has 8 heteroatoms. The zero-order valence-corrected chi connectivity index (χ0v) is 19.2. The molecule has 1 amide bonds. The van der Waals surface area contributed by atoms with Gasteiger partial charge < -0.3 is 9.52 Å². The summed E-state index contributed by atoms with van der Waals surface area (Å²) in [7, 11) is 0. The van der Waals surface area contributed by atoms with Crippen LogP contribution < -0.4 is 0 Å². The Morgan fingerprint density at radius 3 is 2.75 bits per heavy atom. The van der Waals surface area contributed by atoms with Crippen LogP contribution in [0.3, 0.4) is 0 Å². The van der Waals surface area contributed by atoms with Crippen LogP contribution in [0.15, 0.2) is 97.0 Å². The molecule has 0 unspecified atom stereocenters. The number of carbonyl (C=O) groups is 1. The molecule has 2 aromatic carbocycles. The Kier molecular flexibility index (Phi) is 7.03. The largest absolute Gasteiger partial charge is 0.507 e. The maximum absolute atomic E-state index is 13.1. The molecule has 1 saturated heterocycles. The van der Waals surface area contributed by atoms with Crippen molar-refractivity contribution in [2.75, 3.05) is 0 Å². The Bertz CT molecular complexity index is 1220. The number of benzene rings is 2. The molecule has 0 radical (unpaired) electrons. The third-order valence-corrected chi connectivity index (χ3v) is 5.93. The van der Waals surface area contributed by atoms with Crippen LogP contribution in [-0.4, -0.2) is 27.3 Å². The minimum absolute atomic E-state index is 0.0844. The molecule has 1 fully saturated rings. The molecule has 0 atom stereocenters. The van der Waals surface area contributed by atoms with Gasteiger partial charge in [-0.1, -0.05) is 52.3 Å². The van der Waals surface area contributed by atoms with Gasteiger partial charge in [-0.05, 0) is 59.8 Å². The number of halogens is 1. The number of hydrogen-bond donors (Lipinski definition) is 1. The van der Waals surface area contributed by atoms with E-state index in [0.717, 1.165) is 10.0 Å². The number of thioether (sulfide) groups is 1. The number of amidine groups is 1. The zero-order valence-electron chi connectivity index (χ0n) is 16.8. The fraction of sp³-hybridized carbons (Fsp3) is 0.0417. The highest BCUT2D eigenvalue weighted by atomic mass is 79.9. The molecule has 2 heterocycles. The first-order valence-electron chi connectivity index (χ1n) is 9.65. The molecule has 0 aliphatic carbocycles. The molecule has 160 valence electrons. The first-order valence-corrected chi connectivity index (χ1v) is 11.3. The van der Waals surface area contributed by atoms with Crippen LogP contribution in [0.5, 0.6) is 5.75 Å². The lowest BCUT2D eigenvalue weighted by molar-refractivity contribution is -0.122. The number of rotatable bonds is 6. The lowest BCUT2D eigenvalue weighted by Crippen LogP contribution is -2.28. The van der Waals surface area contributed by atoms with Gasteiger partial charge in [-0.3, -0.25) is 9.69 Å². The molecule has 1 aliphatic rings. The van der Waals surface area contributed by atoms with Crippen molar-refractivity contribution in [3.63, 3.8) is 0 Å². The molecular formula is C24H18BrN3O3S. The van der Waals surface area contributed by atoms with Gasteiger partial charge in [-0.2, -0.15) is 5.10 Å². The highest BCUT2D eigenvalue weighted by Crippen LogP contribution is 2.35. The van der Waals surface area contributed by atoms with E-state index in [4.69, 9.17) is 4.42 Å². The van der Waals surface area contributed by atoms with Gasteiger partial charge >= 0.3 is 0 Å². The first kappa shape index (κ1) is 21.9. The standard InChI is InChI=1S/C24H18BrN3O3S/c25-19-10-11-21(29)18(14-19)15-22-23(30)28(16-20-9-5-13-31-20)24(32-22)27-26-12-4-8-17-6-2-1-3-7-17/h1-15,29H,16H2/b8-4+,22-15-,26-12+,27-24-. The van der Waals surface area contributed by atoms with Crippen molar-refractivity contribution in [3.8, 4) is 5.75 Å². The van der Waals surface area contributed by atoms with Crippen molar-refractivity contribution in [1.82, 2.24) is 4.90 Å². The van der Waals surface area contributed by atoms with Crippen LogP contribution in [0.4, 0.5) is 0 Å². The van der Waals surface area contributed by atoms with Gasteiger partial charge in [0.15, 0.2) is 5.17 Å². The Labute approximate surface area is 197 Å². The van der Waals surface area contributed by atoms with Gasteiger partial charge in [-0.25, -0.2) is 0 Å². The first-order chi connectivity index (χ1) is 15.6. The van der Waals surface area contributed by atoms with Crippen LogP contribution in [-0.2, 0) is 11.3 Å². The van der Waals surface area contributed by atoms with Gasteiger partial charge in [0.2, 0.25) is 0 Å². The number of phenolic OH excluding ortho intramolecular Hbond substituents is 1. The number of nitrogens with zero attached hydrogens (tertiary/aromatic N) is 3. The van der Waals surface area contributed by atoms with E-state index in [-0.39, 0.29) is 18.2 Å². The maximum atomic E-state index is 13.1. The summed E-state index contributed by atoms with van der Waals surface area (Å²) in [5.74, 6) is 0.479. The predicted molar refractivity (Wildman–Crippen MR) is 132 cm³/mol. The minimum Gasteiger partial charge on any atom is -0.507 e. The van der Waals surface area contributed by atoms with Gasteiger partial charge in [-0.15, -0.1) is 5.10 Å². The van der Waals surface area contributed by atoms with Crippen LogP contribution in [0.25, 0.3) is 12.2 Å². The molecule has 0 saturated carbocycles. The highest BCUT2D eigenvalue weighted by molar-refractivity contribution is 9.10. The number of amides is 1. The molecule has 0 bridgehead atoms. The van der Waals surface area contributed by atoms with Crippen LogP contribution >= 0.6 is 27.7 Å². The second-order valence-corrected chi connectivity index (χ2v) is 8.63. The molecule has 6 nitrogen and oxygen atoms in total. The second kappa shape index (κ2) is 10.3. The zero-order chi connectivity index (χ0) is 22.3. The summed E-state index contributed by atoms with van der Waals surface area (Å²) in [5.41, 5.74) is 1.58. The quantitative estimate of drug-likeness (QED) is 0.255. The fourth-order valence-corrected chi connectivity index (χ4v) is 4.21. The number of allylic oxidation sites excluding steroid dienone is 1. The van der Waals surface area contributed by atoms with E-state index in [9.17, 15) is 9.90 Å². The van der Waals surface area contributed by atoms with E-state index in [1.165, 1.54) is 16.7 Å². The van der Waals surface area contributed by atoms with Crippen molar-refractivity contribution in [3.05, 3.63) is 99.3 Å². The predicted octanol–water partition coefficient (Wildman–Crippen LogP) is 5.92. The van der Waals surface area contributed by atoms with Crippen LogP contribution in [0.2, 0.25) is 0 Å². The summed E-state index contributed by atoms with van der Waals surface area (Å²) in [5, 5.41) is 18.9. The molecule has 1 N–H and O–H groups in total. The number of carbonyl (C=O) groups excluding carboxylic acids is 1. The minimum atomic E-state index is -0.237. The van der Waals surface area contributed by atoms with E-state index in [0.29, 0.717) is 21.4 Å². The van der Waals surface area contributed by atoms with Crippen LogP contribution in [0, 0.1) is 0 Å². The summed E-state index contributed by atoms with van der Waals surface area (Å²) in [6.45, 7) is 0.231. The Balaban J connectivity index is 1.58. The molecule has 0 spiro atoms. The second-order valence-electron chi connectivity index (χ2n) is 6.70. The molecule has 1 aliphatic heterocycles. The van der Waals surface area contributed by atoms with E-state index in [1.54, 1.807) is 55.0 Å². The molecule has 32 heavy (non-hydrogen) atoms. The third kappa shape index (κ3) is 5.46. The number of furan rings is 1. The van der Waals surface area contributed by atoms with Gasteiger partial charge in [0.25, 0.3) is 5.91 Å². The van der Waals surface area contributed by atoms with Crippen molar-refractivity contribution in [2.45, 2.75) is 6.54 Å². The van der Waals surface area contributed by atoms with E-state index >= 15 is 0 Å². The number of hydrogen-bond acceptors (Lipinski definition) is 6. The summed E-state index contributed by atoms with van der Waals surface area (Å²) in [6.07, 6.45) is 8.47. The van der Waals surface area contributed by atoms with Crippen molar-refractivity contribution in [1.29, 1.82) is 0 Å². The monoisotopic (exact) mass is 507 g/mol. The maximum Gasteiger partial charge on any atom is 0.267 e. The van der Waals surface area contributed by atoms with Crippen molar-refractivity contribution >= 4 is 57.1 Å². The van der Waals surface area contributed by atoms with E-state index in [2.05, 4.69) is 26.1 Å². The average molecular weight is 508 g/mol. The molecule has 4 rings (SSSR count). The Morgan fingerprint density at radius 2 is 1.97 bits per heavy atom. The Morgan fingerprint density at radius 1 is 1.12 bits per heavy atom. The third-order valence-electron chi connectivity index (χ3n) is 4.44. The smallest absolute Gasteiger partial charge is 0.267 e. The van der Waals surface area contributed by atoms with E-state index < -0.39 is 0 Å². The summed E-state index contributed by atoms with van der Waals surface area (Å²) in [6, 6.07) is 18.5. The summed E-state index contributed by atoms with van der Waals surface area (Å²) < 4.78 is 6.20. The number of phenols is 1. The van der Waals surface area contributed by atoms with Crippen LogP contribution in [0.1, 0.15) is 16.9 Å². The highest BCUT2D eigenvalue weighted by Gasteiger charge is 2.34. The van der Waals surface area contributed by atoms with E-state index in [1.807, 2.05) is 36.4 Å². The summed E-state index contributed by atoms with van der Waals surface area (Å²) in [4.78, 5) is 15.0. The lowest BCUT2D eigenvalue weighted by Gasteiger charge is -2.12. The fourth-order valence-electron chi connectivity index (χ4n) is 2.90. The van der Waals surface area contributed by atoms with Crippen molar-refractivity contribution < 1.29 is 14.3 Å². The van der Waals surface area contributed by atoms with Gasteiger partial charge in [0.05, 0.1) is 17.7 Å². The summed E-state index contributed by atoms with van der Waals surface area (Å²) >= 11 is 4.58.